The molecule has 1 saturated heterocycles. The number of likely N-dealkylation sites (N-methyl/N-ethyl adjacent to an activating group) is 1. The summed E-state index contributed by atoms with van der Waals surface area (Å²) in [5.41, 5.74) is 2.85. The molecule has 0 aliphatic carbocycles. The first-order valence-corrected chi connectivity index (χ1v) is 8.65. The van der Waals surface area contributed by atoms with E-state index in [-0.39, 0.29) is 11.6 Å². The van der Waals surface area contributed by atoms with E-state index in [2.05, 4.69) is 32.1 Å². The molecule has 3 rings (SSSR count). The molecular weight excluding hydrogens is 338 g/mol. The topological polar surface area (TPSA) is 61.4 Å². The van der Waals surface area contributed by atoms with Gasteiger partial charge in [0.25, 0.3) is 5.91 Å². The van der Waals surface area contributed by atoms with E-state index in [1.54, 1.807) is 6.20 Å². The van der Waals surface area contributed by atoms with Gasteiger partial charge in [-0.25, -0.2) is 9.97 Å². The molecule has 0 unspecified atom stereocenters. The first kappa shape index (κ1) is 17.6. The molecule has 0 bridgehead atoms. The molecule has 1 aliphatic heterocycles. The normalized spacial score (nSPS) is 15.3. The summed E-state index contributed by atoms with van der Waals surface area (Å²) in [6, 6.07) is 3.80. The van der Waals surface area contributed by atoms with Gasteiger partial charge in [0.15, 0.2) is 0 Å². The van der Waals surface area contributed by atoms with Crippen LogP contribution in [0.3, 0.4) is 0 Å². The fourth-order valence-corrected chi connectivity index (χ4v) is 3.26. The van der Waals surface area contributed by atoms with E-state index in [0.717, 1.165) is 43.1 Å². The summed E-state index contributed by atoms with van der Waals surface area (Å²) in [6.07, 6.45) is 3.17. The fraction of sp³-hybridized carbons (Fsp3) is 0.389. The van der Waals surface area contributed by atoms with Gasteiger partial charge in [0.2, 0.25) is 0 Å². The van der Waals surface area contributed by atoms with Crippen molar-refractivity contribution in [2.24, 2.45) is 0 Å². The van der Waals surface area contributed by atoms with Crippen molar-refractivity contribution in [3.63, 3.8) is 0 Å². The van der Waals surface area contributed by atoms with Crippen LogP contribution in [0, 0.1) is 13.8 Å². The van der Waals surface area contributed by atoms with Gasteiger partial charge in [0.1, 0.15) is 11.5 Å². The Morgan fingerprint density at radius 2 is 1.84 bits per heavy atom. The zero-order valence-corrected chi connectivity index (χ0v) is 15.5. The lowest BCUT2D eigenvalue weighted by Crippen LogP contribution is -2.44. The summed E-state index contributed by atoms with van der Waals surface area (Å²) in [7, 11) is 2.11. The summed E-state index contributed by atoms with van der Waals surface area (Å²) in [5.74, 6) is 0.487. The van der Waals surface area contributed by atoms with Crippen molar-refractivity contribution < 1.29 is 4.79 Å². The summed E-state index contributed by atoms with van der Waals surface area (Å²) < 4.78 is 0. The van der Waals surface area contributed by atoms with Crippen molar-refractivity contribution in [3.05, 3.63) is 46.4 Å². The zero-order chi connectivity index (χ0) is 18.0. The van der Waals surface area contributed by atoms with Crippen molar-refractivity contribution in [3.8, 4) is 0 Å². The molecule has 1 N–H and O–H groups in total. The van der Waals surface area contributed by atoms with Crippen LogP contribution in [0.25, 0.3) is 0 Å². The standard InChI is InChI=1S/C18H22ClN5O/c1-12-8-13(2)17(14(19)9-12)22-18(25)15-10-21-16(11-20-15)24-6-4-23(3)5-7-24/h8-11H,4-7H2,1-3H3,(H,22,25). The van der Waals surface area contributed by atoms with Crippen LogP contribution in [-0.4, -0.2) is 54.0 Å². The molecular formula is C18H22ClN5O. The number of hydrogen-bond donors (Lipinski definition) is 1. The van der Waals surface area contributed by atoms with Gasteiger partial charge < -0.3 is 15.1 Å². The van der Waals surface area contributed by atoms with Gasteiger partial charge in [0.05, 0.1) is 23.1 Å². The Bertz CT molecular complexity index is 747. The van der Waals surface area contributed by atoms with E-state index in [1.165, 1.54) is 6.20 Å². The van der Waals surface area contributed by atoms with Crippen LogP contribution in [0.4, 0.5) is 11.5 Å². The summed E-state index contributed by atoms with van der Waals surface area (Å²) in [5, 5.41) is 3.35. The molecule has 2 aromatic rings. The first-order valence-electron chi connectivity index (χ1n) is 8.27. The molecule has 2 heterocycles. The molecule has 7 heteroatoms. The van der Waals surface area contributed by atoms with Crippen molar-refractivity contribution in [1.82, 2.24) is 14.9 Å². The number of amides is 1. The molecule has 1 aromatic carbocycles. The minimum Gasteiger partial charge on any atom is -0.353 e. The third-order valence-corrected chi connectivity index (χ3v) is 4.67. The van der Waals surface area contributed by atoms with Gasteiger partial charge in [-0.2, -0.15) is 0 Å². The molecule has 1 aliphatic rings. The monoisotopic (exact) mass is 359 g/mol. The number of aryl methyl sites for hydroxylation is 2. The minimum atomic E-state index is -0.314. The lowest BCUT2D eigenvalue weighted by atomic mass is 10.1. The number of rotatable bonds is 3. The number of nitrogens with zero attached hydrogens (tertiary/aromatic N) is 4. The van der Waals surface area contributed by atoms with Crippen LogP contribution in [0.15, 0.2) is 24.5 Å². The third-order valence-electron chi connectivity index (χ3n) is 4.37. The predicted molar refractivity (Wildman–Crippen MR) is 101 cm³/mol. The van der Waals surface area contributed by atoms with Crippen LogP contribution in [0.1, 0.15) is 21.6 Å². The summed E-state index contributed by atoms with van der Waals surface area (Å²) in [4.78, 5) is 25.6. The Kier molecular flexibility index (Phi) is 5.20. The van der Waals surface area contributed by atoms with Crippen LogP contribution < -0.4 is 10.2 Å². The molecule has 25 heavy (non-hydrogen) atoms. The Balaban J connectivity index is 1.71. The smallest absolute Gasteiger partial charge is 0.275 e. The number of anilines is 2. The molecule has 0 radical (unpaired) electrons. The highest BCUT2D eigenvalue weighted by Gasteiger charge is 2.17. The largest absolute Gasteiger partial charge is 0.353 e. The van der Waals surface area contributed by atoms with Gasteiger partial charge in [-0.15, -0.1) is 0 Å². The second-order valence-corrected chi connectivity index (χ2v) is 6.85. The van der Waals surface area contributed by atoms with Crippen molar-refractivity contribution in [2.75, 3.05) is 43.4 Å². The quantitative estimate of drug-likeness (QED) is 0.913. The molecule has 0 saturated carbocycles. The number of carbonyl (C=O) groups excluding carboxylic acids is 1. The minimum absolute atomic E-state index is 0.272. The summed E-state index contributed by atoms with van der Waals surface area (Å²) in [6.45, 7) is 7.69. The molecule has 1 aromatic heterocycles. The number of halogens is 1. The second kappa shape index (κ2) is 7.37. The lowest BCUT2D eigenvalue weighted by Gasteiger charge is -2.32. The number of carbonyl (C=O) groups is 1. The number of benzene rings is 1. The number of hydrogen-bond acceptors (Lipinski definition) is 5. The van der Waals surface area contributed by atoms with Crippen molar-refractivity contribution >= 4 is 29.0 Å². The highest BCUT2D eigenvalue weighted by atomic mass is 35.5. The van der Waals surface area contributed by atoms with E-state index in [1.807, 2.05) is 26.0 Å². The van der Waals surface area contributed by atoms with Gasteiger partial charge in [-0.1, -0.05) is 17.7 Å². The van der Waals surface area contributed by atoms with Crippen LogP contribution in [0.2, 0.25) is 5.02 Å². The predicted octanol–water partition coefficient (Wildman–Crippen LogP) is 2.75. The average molecular weight is 360 g/mol. The van der Waals surface area contributed by atoms with Crippen LogP contribution >= 0.6 is 11.6 Å². The number of aromatic nitrogens is 2. The maximum atomic E-state index is 12.4. The van der Waals surface area contributed by atoms with Gasteiger partial charge in [0, 0.05) is 26.2 Å². The molecule has 1 amide bonds. The highest BCUT2D eigenvalue weighted by Crippen LogP contribution is 2.27. The Morgan fingerprint density at radius 1 is 1.12 bits per heavy atom. The van der Waals surface area contributed by atoms with E-state index >= 15 is 0 Å². The maximum Gasteiger partial charge on any atom is 0.275 e. The Hall–Kier alpha value is -2.18. The number of piperazine rings is 1. The second-order valence-electron chi connectivity index (χ2n) is 6.44. The Morgan fingerprint density at radius 3 is 2.44 bits per heavy atom. The fourth-order valence-electron chi connectivity index (χ4n) is 2.89. The van der Waals surface area contributed by atoms with Crippen LogP contribution in [-0.2, 0) is 0 Å². The average Bonchev–Trinajstić information content (AvgIpc) is 2.59. The Labute approximate surface area is 152 Å². The third kappa shape index (κ3) is 4.08. The van der Waals surface area contributed by atoms with Crippen LogP contribution in [0.5, 0.6) is 0 Å². The highest BCUT2D eigenvalue weighted by molar-refractivity contribution is 6.34. The summed E-state index contributed by atoms with van der Waals surface area (Å²) >= 11 is 6.24. The van der Waals surface area contributed by atoms with Gasteiger partial charge >= 0.3 is 0 Å². The maximum absolute atomic E-state index is 12.4. The molecule has 0 spiro atoms. The van der Waals surface area contributed by atoms with E-state index in [4.69, 9.17) is 11.6 Å². The molecule has 6 nitrogen and oxygen atoms in total. The lowest BCUT2D eigenvalue weighted by molar-refractivity contribution is 0.102. The van der Waals surface area contributed by atoms with E-state index < -0.39 is 0 Å². The molecule has 132 valence electrons. The number of nitrogens with one attached hydrogen (secondary N) is 1. The van der Waals surface area contributed by atoms with Crippen molar-refractivity contribution in [2.45, 2.75) is 13.8 Å². The zero-order valence-electron chi connectivity index (χ0n) is 14.7. The molecule has 1 fully saturated rings. The molecule has 0 atom stereocenters. The first-order chi connectivity index (χ1) is 11.9. The van der Waals surface area contributed by atoms with Crippen molar-refractivity contribution in [1.29, 1.82) is 0 Å². The SMILES string of the molecule is Cc1cc(C)c(NC(=O)c2cnc(N3CCN(C)CC3)cn2)c(Cl)c1. The van der Waals surface area contributed by atoms with Gasteiger partial charge in [-0.05, 0) is 38.1 Å². The van der Waals surface area contributed by atoms with E-state index in [9.17, 15) is 4.79 Å². The van der Waals surface area contributed by atoms with Gasteiger partial charge in [-0.3, -0.25) is 4.79 Å². The van der Waals surface area contributed by atoms with E-state index in [0.29, 0.717) is 10.7 Å².